The number of aliphatic hydroxyl groups excluding tert-OH is 1. The molecule has 152 valence electrons. The maximum atomic E-state index is 9.16. The number of hydrogen-bond donors (Lipinski definition) is 3. The Hall–Kier alpha value is -1.85. The molecule has 0 bridgehead atoms. The molecule has 28 heavy (non-hydrogen) atoms. The van der Waals surface area contributed by atoms with Gasteiger partial charge in [-0.05, 0) is 49.4 Å². The zero-order chi connectivity index (χ0) is 19.8. The smallest absolute Gasteiger partial charge is 0.126 e. The molecule has 1 aliphatic rings. The number of halogens is 1. The highest BCUT2D eigenvalue weighted by atomic mass is 35.5. The second kappa shape index (κ2) is 10.6. The highest BCUT2D eigenvalue weighted by Gasteiger charge is 2.15. The molecule has 1 fully saturated rings. The van der Waals surface area contributed by atoms with Gasteiger partial charge in [0.15, 0.2) is 0 Å². The van der Waals surface area contributed by atoms with Crippen LogP contribution in [0.1, 0.15) is 51.9 Å². The summed E-state index contributed by atoms with van der Waals surface area (Å²) in [5.41, 5.74) is 1.72. The van der Waals surface area contributed by atoms with Crippen LogP contribution in [-0.2, 0) is 0 Å². The molecule has 6 heteroatoms. The maximum absolute atomic E-state index is 9.16. The van der Waals surface area contributed by atoms with E-state index < -0.39 is 0 Å². The molecular weight excluding hydrogens is 372 g/mol. The van der Waals surface area contributed by atoms with E-state index in [9.17, 15) is 0 Å². The van der Waals surface area contributed by atoms with E-state index in [1.165, 1.54) is 32.1 Å². The normalized spacial score (nSPS) is 16.0. The van der Waals surface area contributed by atoms with E-state index in [-0.39, 0.29) is 6.61 Å². The molecule has 5 nitrogen and oxygen atoms in total. The average molecular weight is 403 g/mol. The van der Waals surface area contributed by atoms with Crippen LogP contribution in [0.2, 0.25) is 5.02 Å². The van der Waals surface area contributed by atoms with E-state index in [4.69, 9.17) is 21.7 Å². The number of pyridine rings is 2. The summed E-state index contributed by atoms with van der Waals surface area (Å²) in [5, 5.41) is 16.7. The number of aromatic nitrogens is 2. The van der Waals surface area contributed by atoms with Crippen molar-refractivity contribution < 1.29 is 5.11 Å². The molecule has 1 atom stereocenters. The topological polar surface area (TPSA) is 70.1 Å². The van der Waals surface area contributed by atoms with Crippen molar-refractivity contribution in [3.05, 3.63) is 35.5 Å². The van der Waals surface area contributed by atoms with E-state index in [0.29, 0.717) is 17.0 Å². The molecule has 1 saturated carbocycles. The van der Waals surface area contributed by atoms with Crippen molar-refractivity contribution in [3.63, 3.8) is 0 Å². The van der Waals surface area contributed by atoms with Crippen LogP contribution in [-0.4, -0.2) is 34.3 Å². The van der Waals surface area contributed by atoms with E-state index >= 15 is 0 Å². The van der Waals surface area contributed by atoms with E-state index in [1.54, 1.807) is 0 Å². The van der Waals surface area contributed by atoms with Gasteiger partial charge in [-0.15, -0.1) is 0 Å². The third-order valence-corrected chi connectivity index (χ3v) is 5.83. The Kier molecular flexibility index (Phi) is 7.92. The van der Waals surface area contributed by atoms with Gasteiger partial charge in [-0.3, -0.25) is 0 Å². The minimum Gasteiger partial charge on any atom is -0.396 e. The summed E-state index contributed by atoms with van der Waals surface area (Å²) in [6.45, 7) is 3.14. The lowest BCUT2D eigenvalue weighted by Crippen LogP contribution is -2.22. The molecule has 1 aliphatic carbocycles. The Morgan fingerprint density at radius 1 is 1.18 bits per heavy atom. The molecule has 0 aliphatic heterocycles. The van der Waals surface area contributed by atoms with Crippen LogP contribution in [0.4, 0.5) is 11.6 Å². The van der Waals surface area contributed by atoms with Crippen LogP contribution in [0.25, 0.3) is 11.3 Å². The van der Waals surface area contributed by atoms with Crippen molar-refractivity contribution in [2.24, 2.45) is 5.92 Å². The number of nitrogens with one attached hydrogen (secondary N) is 2. The summed E-state index contributed by atoms with van der Waals surface area (Å²) < 4.78 is 0. The van der Waals surface area contributed by atoms with Crippen LogP contribution in [0.15, 0.2) is 30.5 Å². The first kappa shape index (κ1) is 20.9. The summed E-state index contributed by atoms with van der Waals surface area (Å²) in [5.74, 6) is 2.11. The Balaban J connectivity index is 1.72. The summed E-state index contributed by atoms with van der Waals surface area (Å²) in [4.78, 5) is 9.22. The van der Waals surface area contributed by atoms with Gasteiger partial charge in [-0.25, -0.2) is 9.97 Å². The fourth-order valence-electron chi connectivity index (χ4n) is 3.74. The van der Waals surface area contributed by atoms with Gasteiger partial charge in [0.2, 0.25) is 0 Å². The number of nitrogens with zero attached hydrogens (tertiary/aromatic N) is 2. The second-order valence-electron chi connectivity index (χ2n) is 7.60. The van der Waals surface area contributed by atoms with Crippen molar-refractivity contribution >= 4 is 23.2 Å². The first-order chi connectivity index (χ1) is 13.7. The van der Waals surface area contributed by atoms with Crippen LogP contribution < -0.4 is 10.6 Å². The van der Waals surface area contributed by atoms with Gasteiger partial charge in [0, 0.05) is 31.0 Å². The molecule has 2 heterocycles. The first-order valence-corrected chi connectivity index (χ1v) is 10.8. The largest absolute Gasteiger partial charge is 0.396 e. The van der Waals surface area contributed by atoms with Crippen molar-refractivity contribution in [2.75, 3.05) is 23.8 Å². The Bertz CT molecular complexity index is 749. The number of anilines is 2. The van der Waals surface area contributed by atoms with Crippen molar-refractivity contribution in [1.82, 2.24) is 9.97 Å². The molecule has 3 N–H and O–H groups in total. The molecule has 0 spiro atoms. The van der Waals surface area contributed by atoms with E-state index in [0.717, 1.165) is 42.3 Å². The Labute approximate surface area is 172 Å². The van der Waals surface area contributed by atoms with Crippen LogP contribution in [0, 0.1) is 5.92 Å². The predicted molar refractivity (Wildman–Crippen MR) is 117 cm³/mol. The zero-order valence-electron chi connectivity index (χ0n) is 16.6. The first-order valence-electron chi connectivity index (χ1n) is 10.4. The fourth-order valence-corrected chi connectivity index (χ4v) is 3.95. The molecule has 2 aromatic heterocycles. The molecule has 0 radical (unpaired) electrons. The zero-order valence-corrected chi connectivity index (χ0v) is 17.4. The lowest BCUT2D eigenvalue weighted by atomic mass is 9.95. The van der Waals surface area contributed by atoms with Crippen LogP contribution in [0.5, 0.6) is 0 Å². The van der Waals surface area contributed by atoms with Gasteiger partial charge in [-0.1, -0.05) is 44.2 Å². The predicted octanol–water partition coefficient (Wildman–Crippen LogP) is 5.36. The molecule has 0 saturated heterocycles. The Morgan fingerprint density at radius 2 is 2.00 bits per heavy atom. The molecule has 0 amide bonds. The number of hydrogen-bond acceptors (Lipinski definition) is 5. The molecular formula is C22H31ClN4O. The highest BCUT2D eigenvalue weighted by Crippen LogP contribution is 2.29. The third kappa shape index (κ3) is 5.82. The lowest BCUT2D eigenvalue weighted by molar-refractivity contribution is 0.258. The van der Waals surface area contributed by atoms with Crippen molar-refractivity contribution in [3.8, 4) is 11.3 Å². The fraction of sp³-hybridized carbons (Fsp3) is 0.545. The molecule has 2 aromatic rings. The van der Waals surface area contributed by atoms with Gasteiger partial charge >= 0.3 is 0 Å². The second-order valence-corrected chi connectivity index (χ2v) is 8.01. The van der Waals surface area contributed by atoms with Crippen LogP contribution in [0.3, 0.4) is 0 Å². The summed E-state index contributed by atoms with van der Waals surface area (Å²) in [7, 11) is 0. The maximum Gasteiger partial charge on any atom is 0.126 e. The lowest BCUT2D eigenvalue weighted by Gasteiger charge is -2.23. The van der Waals surface area contributed by atoms with Gasteiger partial charge in [-0.2, -0.15) is 0 Å². The average Bonchev–Trinajstić information content (AvgIpc) is 2.73. The number of aliphatic hydroxyl groups is 1. The third-order valence-electron chi connectivity index (χ3n) is 5.52. The Morgan fingerprint density at radius 3 is 2.75 bits per heavy atom. The minimum atomic E-state index is 0.216. The SMILES string of the molecule is CCC(CCO)CNc1ccc(Cl)c(-c2ccnc(NC3CCCCC3)c2)n1. The molecule has 3 rings (SSSR count). The number of rotatable bonds is 9. The minimum absolute atomic E-state index is 0.216. The van der Waals surface area contributed by atoms with E-state index in [1.807, 2.05) is 30.5 Å². The van der Waals surface area contributed by atoms with Crippen LogP contribution >= 0.6 is 11.6 Å². The van der Waals surface area contributed by atoms with E-state index in [2.05, 4.69) is 22.5 Å². The molecule has 0 aromatic carbocycles. The summed E-state index contributed by atoms with van der Waals surface area (Å²) in [6.07, 6.45) is 9.95. The summed E-state index contributed by atoms with van der Waals surface area (Å²) >= 11 is 6.45. The highest BCUT2D eigenvalue weighted by molar-refractivity contribution is 6.33. The van der Waals surface area contributed by atoms with Gasteiger partial charge in [0.1, 0.15) is 11.6 Å². The van der Waals surface area contributed by atoms with Gasteiger partial charge < -0.3 is 15.7 Å². The van der Waals surface area contributed by atoms with Crippen molar-refractivity contribution in [1.29, 1.82) is 0 Å². The van der Waals surface area contributed by atoms with Gasteiger partial charge in [0.05, 0.1) is 10.7 Å². The monoisotopic (exact) mass is 402 g/mol. The van der Waals surface area contributed by atoms with Gasteiger partial charge in [0.25, 0.3) is 0 Å². The summed E-state index contributed by atoms with van der Waals surface area (Å²) in [6, 6.07) is 8.27. The van der Waals surface area contributed by atoms with Crippen molar-refractivity contribution in [2.45, 2.75) is 57.9 Å². The standard InChI is InChI=1S/C22H31ClN4O/c1-2-16(11-13-28)15-25-20-9-8-19(23)22(27-20)17-10-12-24-21(14-17)26-18-6-4-3-5-7-18/h8-10,12,14,16,18,28H,2-7,11,13,15H2,1H3,(H,24,26)(H,25,27). The quantitative estimate of drug-likeness (QED) is 0.526. The molecule has 1 unspecified atom stereocenters.